The molecule has 1 rings (SSSR count). The quantitative estimate of drug-likeness (QED) is 0.929. The van der Waals surface area contributed by atoms with Crippen LogP contribution in [-0.2, 0) is 4.79 Å². The van der Waals surface area contributed by atoms with Crippen molar-refractivity contribution in [2.45, 2.75) is 33.2 Å². The van der Waals surface area contributed by atoms with Gasteiger partial charge in [-0.25, -0.2) is 0 Å². The molecule has 0 aliphatic rings. The van der Waals surface area contributed by atoms with E-state index in [2.05, 4.69) is 22.9 Å². The number of hydrogen-bond donors (Lipinski definition) is 1. The highest BCUT2D eigenvalue weighted by Gasteiger charge is 2.19. The molecule has 1 atom stereocenters. The smallest absolute Gasteiger partial charge is 0.240 e. The molecule has 0 aliphatic carbocycles. The van der Waals surface area contributed by atoms with Crippen molar-refractivity contribution in [2.75, 3.05) is 11.4 Å². The molecule has 2 N–H and O–H groups in total. The van der Waals surface area contributed by atoms with E-state index in [1.54, 1.807) is 4.90 Å². The monoisotopic (exact) mass is 298 g/mol. The summed E-state index contributed by atoms with van der Waals surface area (Å²) in [4.78, 5) is 13.7. The largest absolute Gasteiger partial charge is 0.322 e. The highest BCUT2D eigenvalue weighted by molar-refractivity contribution is 9.10. The molecule has 0 saturated heterocycles. The standard InChI is InChI=1S/C13H19BrN2O/c1-4-10(3)16(13(17)8-15)11-5-6-12(14)9(2)7-11/h5-7,10H,4,8,15H2,1-3H3. The van der Waals surface area contributed by atoms with E-state index in [9.17, 15) is 4.79 Å². The van der Waals surface area contributed by atoms with Crippen LogP contribution in [0.3, 0.4) is 0 Å². The Morgan fingerprint density at radius 3 is 2.65 bits per heavy atom. The molecule has 4 heteroatoms. The summed E-state index contributed by atoms with van der Waals surface area (Å²) in [5, 5.41) is 0. The fourth-order valence-electron chi connectivity index (χ4n) is 1.70. The number of benzene rings is 1. The Kier molecular flexibility index (Phi) is 5.15. The molecule has 1 amide bonds. The van der Waals surface area contributed by atoms with E-state index in [1.807, 2.05) is 32.0 Å². The van der Waals surface area contributed by atoms with Crippen LogP contribution in [0.2, 0.25) is 0 Å². The Balaban J connectivity index is 3.12. The summed E-state index contributed by atoms with van der Waals surface area (Å²) in [6, 6.07) is 6.07. The maximum atomic E-state index is 11.9. The molecular weight excluding hydrogens is 280 g/mol. The van der Waals surface area contributed by atoms with Gasteiger partial charge in [-0.2, -0.15) is 0 Å². The predicted molar refractivity (Wildman–Crippen MR) is 75.2 cm³/mol. The van der Waals surface area contributed by atoms with Crippen molar-refractivity contribution >= 4 is 27.5 Å². The molecule has 0 saturated carbocycles. The summed E-state index contributed by atoms with van der Waals surface area (Å²) < 4.78 is 1.05. The predicted octanol–water partition coefficient (Wildman–Crippen LogP) is 2.85. The summed E-state index contributed by atoms with van der Waals surface area (Å²) in [7, 11) is 0. The van der Waals surface area contributed by atoms with Crippen LogP contribution in [0, 0.1) is 6.92 Å². The van der Waals surface area contributed by atoms with Gasteiger partial charge >= 0.3 is 0 Å². The average Bonchev–Trinajstić information content (AvgIpc) is 2.33. The topological polar surface area (TPSA) is 46.3 Å². The second kappa shape index (κ2) is 6.17. The SMILES string of the molecule is CCC(C)N(C(=O)CN)c1ccc(Br)c(C)c1. The zero-order chi connectivity index (χ0) is 13.0. The molecule has 3 nitrogen and oxygen atoms in total. The van der Waals surface area contributed by atoms with E-state index in [0.29, 0.717) is 0 Å². The van der Waals surface area contributed by atoms with Crippen LogP contribution in [-0.4, -0.2) is 18.5 Å². The number of hydrogen-bond acceptors (Lipinski definition) is 2. The third kappa shape index (κ3) is 3.30. The molecule has 0 spiro atoms. The van der Waals surface area contributed by atoms with Crippen molar-refractivity contribution in [3.63, 3.8) is 0 Å². The second-order valence-corrected chi connectivity index (χ2v) is 5.01. The first kappa shape index (κ1) is 14.2. The fraction of sp³-hybridized carbons (Fsp3) is 0.462. The number of carbonyl (C=O) groups is 1. The van der Waals surface area contributed by atoms with E-state index in [-0.39, 0.29) is 18.5 Å². The number of aryl methyl sites for hydroxylation is 1. The van der Waals surface area contributed by atoms with Crippen molar-refractivity contribution in [3.05, 3.63) is 28.2 Å². The summed E-state index contributed by atoms with van der Waals surface area (Å²) in [6.07, 6.45) is 0.904. The van der Waals surface area contributed by atoms with Crippen LogP contribution in [0.1, 0.15) is 25.8 Å². The van der Waals surface area contributed by atoms with E-state index >= 15 is 0 Å². The van der Waals surface area contributed by atoms with Gasteiger partial charge in [-0.15, -0.1) is 0 Å². The Bertz CT molecular complexity index is 406. The lowest BCUT2D eigenvalue weighted by Gasteiger charge is -2.28. The van der Waals surface area contributed by atoms with Gasteiger partial charge in [0.15, 0.2) is 0 Å². The van der Waals surface area contributed by atoms with Crippen molar-refractivity contribution in [1.82, 2.24) is 0 Å². The minimum Gasteiger partial charge on any atom is -0.322 e. The molecule has 0 bridgehead atoms. The first-order valence-corrected chi connectivity index (χ1v) is 6.58. The lowest BCUT2D eigenvalue weighted by Crippen LogP contribution is -2.42. The van der Waals surface area contributed by atoms with Gasteiger partial charge in [0.05, 0.1) is 6.54 Å². The molecule has 0 fully saturated rings. The van der Waals surface area contributed by atoms with Gasteiger partial charge in [-0.05, 0) is 44.0 Å². The molecule has 1 aromatic rings. The van der Waals surface area contributed by atoms with Gasteiger partial charge < -0.3 is 10.6 Å². The van der Waals surface area contributed by atoms with Crippen LogP contribution in [0.25, 0.3) is 0 Å². The number of halogens is 1. The molecule has 1 aromatic carbocycles. The van der Waals surface area contributed by atoms with Crippen LogP contribution >= 0.6 is 15.9 Å². The third-order valence-corrected chi connectivity index (χ3v) is 3.78. The minimum absolute atomic E-state index is 0.0407. The van der Waals surface area contributed by atoms with Gasteiger partial charge in [0.2, 0.25) is 5.91 Å². The fourth-order valence-corrected chi connectivity index (χ4v) is 1.95. The van der Waals surface area contributed by atoms with Gasteiger partial charge in [-0.1, -0.05) is 22.9 Å². The van der Waals surface area contributed by atoms with Gasteiger partial charge in [0.1, 0.15) is 0 Å². The molecule has 94 valence electrons. The van der Waals surface area contributed by atoms with E-state index in [4.69, 9.17) is 5.73 Å². The number of anilines is 1. The van der Waals surface area contributed by atoms with Gasteiger partial charge in [0, 0.05) is 16.2 Å². The lowest BCUT2D eigenvalue weighted by molar-refractivity contribution is -0.117. The van der Waals surface area contributed by atoms with Crippen LogP contribution in [0.4, 0.5) is 5.69 Å². The Morgan fingerprint density at radius 2 is 2.18 bits per heavy atom. The summed E-state index contributed by atoms with van der Waals surface area (Å²) >= 11 is 3.46. The Labute approximate surface area is 111 Å². The Hall–Kier alpha value is -0.870. The molecule has 17 heavy (non-hydrogen) atoms. The summed E-state index contributed by atoms with van der Waals surface area (Å²) in [6.45, 7) is 6.15. The highest BCUT2D eigenvalue weighted by atomic mass is 79.9. The molecule has 0 aliphatic heterocycles. The maximum absolute atomic E-state index is 11.9. The number of nitrogens with two attached hydrogens (primary N) is 1. The average molecular weight is 299 g/mol. The normalized spacial score (nSPS) is 12.3. The molecule has 1 unspecified atom stereocenters. The summed E-state index contributed by atoms with van der Waals surface area (Å²) in [5.41, 5.74) is 7.49. The van der Waals surface area contributed by atoms with Crippen molar-refractivity contribution in [1.29, 1.82) is 0 Å². The zero-order valence-electron chi connectivity index (χ0n) is 10.5. The van der Waals surface area contributed by atoms with Crippen molar-refractivity contribution in [2.24, 2.45) is 5.73 Å². The van der Waals surface area contributed by atoms with E-state index in [0.717, 1.165) is 22.1 Å². The van der Waals surface area contributed by atoms with Crippen molar-refractivity contribution < 1.29 is 4.79 Å². The molecule has 0 heterocycles. The Morgan fingerprint density at radius 1 is 1.53 bits per heavy atom. The maximum Gasteiger partial charge on any atom is 0.240 e. The van der Waals surface area contributed by atoms with Crippen LogP contribution in [0.5, 0.6) is 0 Å². The number of nitrogens with zero attached hydrogens (tertiary/aromatic N) is 1. The van der Waals surface area contributed by atoms with Gasteiger partial charge in [0.25, 0.3) is 0 Å². The minimum atomic E-state index is -0.0407. The molecular formula is C13H19BrN2O. The van der Waals surface area contributed by atoms with E-state index in [1.165, 1.54) is 0 Å². The third-order valence-electron chi connectivity index (χ3n) is 2.89. The highest BCUT2D eigenvalue weighted by Crippen LogP contribution is 2.25. The molecule has 0 aromatic heterocycles. The summed E-state index contributed by atoms with van der Waals surface area (Å²) in [5.74, 6) is -0.0407. The zero-order valence-corrected chi connectivity index (χ0v) is 12.1. The number of amides is 1. The molecule has 0 radical (unpaired) electrons. The van der Waals surface area contributed by atoms with E-state index < -0.39 is 0 Å². The van der Waals surface area contributed by atoms with Gasteiger partial charge in [-0.3, -0.25) is 4.79 Å². The second-order valence-electron chi connectivity index (χ2n) is 4.16. The lowest BCUT2D eigenvalue weighted by atomic mass is 10.1. The first-order chi connectivity index (χ1) is 8.01. The van der Waals surface area contributed by atoms with Crippen LogP contribution < -0.4 is 10.6 Å². The number of rotatable bonds is 4. The first-order valence-electron chi connectivity index (χ1n) is 5.79. The van der Waals surface area contributed by atoms with Crippen LogP contribution in [0.15, 0.2) is 22.7 Å². The number of carbonyl (C=O) groups excluding carboxylic acids is 1. The van der Waals surface area contributed by atoms with Crippen molar-refractivity contribution in [3.8, 4) is 0 Å².